The van der Waals surface area contributed by atoms with Gasteiger partial charge in [0.2, 0.25) is 5.88 Å². The van der Waals surface area contributed by atoms with Crippen molar-refractivity contribution in [3.63, 3.8) is 0 Å². The number of ketones is 1. The lowest BCUT2D eigenvalue weighted by molar-refractivity contribution is 0.0860. The topological polar surface area (TPSA) is 67.9 Å². The van der Waals surface area contributed by atoms with E-state index < -0.39 is 5.41 Å². The van der Waals surface area contributed by atoms with Crippen molar-refractivity contribution in [1.29, 1.82) is 0 Å². The number of nitrogens with zero attached hydrogens (tertiary/aromatic N) is 2. The van der Waals surface area contributed by atoms with E-state index in [0.29, 0.717) is 22.6 Å². The molecule has 0 spiro atoms. The highest BCUT2D eigenvalue weighted by atomic mass is 16.5. The van der Waals surface area contributed by atoms with E-state index in [1.807, 2.05) is 20.8 Å². The minimum absolute atomic E-state index is 0.0582. The third-order valence-electron chi connectivity index (χ3n) is 4.12. The van der Waals surface area contributed by atoms with Gasteiger partial charge >= 0.3 is 0 Å². The van der Waals surface area contributed by atoms with Crippen LogP contribution in [0, 0.1) is 5.41 Å². The number of ether oxygens (including phenoxy) is 1. The predicted octanol–water partition coefficient (Wildman–Crippen LogP) is 3.90. The molecular formula is C17H23N3O2. The fraction of sp³-hybridized carbons (Fsp3) is 0.588. The molecule has 5 heteroatoms. The minimum atomic E-state index is -0.447. The molecule has 0 aliphatic heterocycles. The molecule has 5 nitrogen and oxygen atoms in total. The van der Waals surface area contributed by atoms with Crippen LogP contribution in [-0.4, -0.2) is 26.8 Å². The number of carbonyl (C=O) groups is 1. The molecule has 0 unspecified atom stereocenters. The highest BCUT2D eigenvalue weighted by molar-refractivity contribution is 6.08. The second kappa shape index (κ2) is 5.71. The molecule has 2 aromatic rings. The maximum absolute atomic E-state index is 12.5. The molecule has 0 aromatic carbocycles. The Morgan fingerprint density at radius 1 is 1.27 bits per heavy atom. The smallest absolute Gasteiger partial charge is 0.233 e. The molecule has 22 heavy (non-hydrogen) atoms. The molecule has 0 amide bonds. The number of carbonyl (C=O) groups excluding carboxylic acids is 1. The molecule has 0 atom stereocenters. The summed E-state index contributed by atoms with van der Waals surface area (Å²) in [5.74, 6) is 0.574. The Morgan fingerprint density at radius 3 is 2.68 bits per heavy atom. The SMILES string of the molecule is CC(C)(C)C(=O)c1c[nH]c2ncc(OC3CCCCC3)nc12. The van der Waals surface area contributed by atoms with E-state index in [1.54, 1.807) is 12.4 Å². The van der Waals surface area contributed by atoms with Crippen molar-refractivity contribution in [2.45, 2.75) is 59.0 Å². The number of nitrogens with one attached hydrogen (secondary N) is 1. The van der Waals surface area contributed by atoms with Crippen LogP contribution in [0.25, 0.3) is 11.2 Å². The van der Waals surface area contributed by atoms with Gasteiger partial charge in [0.15, 0.2) is 11.4 Å². The summed E-state index contributed by atoms with van der Waals surface area (Å²) in [5, 5.41) is 0. The highest BCUT2D eigenvalue weighted by Crippen LogP contribution is 2.27. The van der Waals surface area contributed by atoms with Crippen LogP contribution in [0.2, 0.25) is 0 Å². The number of H-pyrrole nitrogens is 1. The van der Waals surface area contributed by atoms with E-state index in [-0.39, 0.29) is 11.9 Å². The van der Waals surface area contributed by atoms with Crippen molar-refractivity contribution in [2.24, 2.45) is 5.41 Å². The van der Waals surface area contributed by atoms with Crippen LogP contribution < -0.4 is 4.74 Å². The van der Waals surface area contributed by atoms with Crippen LogP contribution >= 0.6 is 0 Å². The van der Waals surface area contributed by atoms with Crippen LogP contribution in [0.3, 0.4) is 0 Å². The standard InChI is InChI=1S/C17H23N3O2/c1-17(2,3)15(21)12-9-18-16-14(12)20-13(10-19-16)22-11-7-5-4-6-8-11/h9-11H,4-8H2,1-3H3,(H,18,19). The Balaban J connectivity index is 1.89. The molecule has 118 valence electrons. The van der Waals surface area contributed by atoms with Gasteiger partial charge in [0.25, 0.3) is 0 Å². The summed E-state index contributed by atoms with van der Waals surface area (Å²) in [4.78, 5) is 24.4. The number of hydrogen-bond acceptors (Lipinski definition) is 4. The summed E-state index contributed by atoms with van der Waals surface area (Å²) in [6.45, 7) is 5.72. The van der Waals surface area contributed by atoms with Gasteiger partial charge in [0, 0.05) is 11.6 Å². The maximum atomic E-state index is 12.5. The molecule has 1 aliphatic carbocycles. The molecule has 1 saturated carbocycles. The van der Waals surface area contributed by atoms with Crippen molar-refractivity contribution in [2.75, 3.05) is 0 Å². The van der Waals surface area contributed by atoms with Gasteiger partial charge in [0.05, 0.1) is 11.8 Å². The van der Waals surface area contributed by atoms with Crippen LogP contribution in [0.5, 0.6) is 5.88 Å². The van der Waals surface area contributed by atoms with Crippen molar-refractivity contribution in [3.8, 4) is 5.88 Å². The number of rotatable bonds is 3. The first-order chi connectivity index (χ1) is 10.4. The molecule has 0 saturated heterocycles. The predicted molar refractivity (Wildman–Crippen MR) is 85.2 cm³/mol. The summed E-state index contributed by atoms with van der Waals surface area (Å²) in [6.07, 6.45) is 9.40. The van der Waals surface area contributed by atoms with Crippen LogP contribution in [-0.2, 0) is 0 Å². The lowest BCUT2D eigenvalue weighted by atomic mass is 9.87. The molecule has 0 bridgehead atoms. The Hall–Kier alpha value is -1.91. The second-order valence-corrected chi connectivity index (χ2v) is 7.06. The highest BCUT2D eigenvalue weighted by Gasteiger charge is 2.26. The first-order valence-electron chi connectivity index (χ1n) is 8.01. The molecule has 3 rings (SSSR count). The maximum Gasteiger partial charge on any atom is 0.233 e. The summed E-state index contributed by atoms with van der Waals surface area (Å²) in [7, 11) is 0. The Labute approximate surface area is 130 Å². The van der Waals surface area contributed by atoms with Gasteiger partial charge in [-0.3, -0.25) is 4.79 Å². The molecule has 2 aromatic heterocycles. The first kappa shape index (κ1) is 15.0. The van der Waals surface area contributed by atoms with Crippen molar-refractivity contribution >= 4 is 16.9 Å². The van der Waals surface area contributed by atoms with E-state index in [4.69, 9.17) is 4.74 Å². The quantitative estimate of drug-likeness (QED) is 0.873. The number of hydrogen-bond donors (Lipinski definition) is 1. The van der Waals surface area contributed by atoms with Gasteiger partial charge in [-0.1, -0.05) is 27.2 Å². The van der Waals surface area contributed by atoms with E-state index in [9.17, 15) is 4.79 Å². The molecule has 1 N–H and O–H groups in total. The lowest BCUT2D eigenvalue weighted by Gasteiger charge is -2.22. The number of aromatic nitrogens is 3. The Kier molecular flexibility index (Phi) is 3.89. The summed E-state index contributed by atoms with van der Waals surface area (Å²) in [5.41, 5.74) is 1.37. The van der Waals surface area contributed by atoms with Crippen LogP contribution in [0.15, 0.2) is 12.4 Å². The van der Waals surface area contributed by atoms with Gasteiger partial charge in [-0.05, 0) is 25.7 Å². The van der Waals surface area contributed by atoms with Gasteiger partial charge in [-0.25, -0.2) is 9.97 Å². The summed E-state index contributed by atoms with van der Waals surface area (Å²) < 4.78 is 5.95. The zero-order valence-corrected chi connectivity index (χ0v) is 13.5. The fourth-order valence-electron chi connectivity index (χ4n) is 2.86. The zero-order valence-electron chi connectivity index (χ0n) is 13.5. The normalized spacial score (nSPS) is 16.9. The molecule has 1 fully saturated rings. The van der Waals surface area contributed by atoms with Gasteiger partial charge in [-0.2, -0.15) is 0 Å². The fourth-order valence-corrected chi connectivity index (χ4v) is 2.86. The summed E-state index contributed by atoms with van der Waals surface area (Å²) in [6, 6.07) is 0. The van der Waals surface area contributed by atoms with E-state index in [1.165, 1.54) is 19.3 Å². The molecular weight excluding hydrogens is 278 g/mol. The lowest BCUT2D eigenvalue weighted by Crippen LogP contribution is -2.21. The van der Waals surface area contributed by atoms with Gasteiger partial charge in [-0.15, -0.1) is 0 Å². The Morgan fingerprint density at radius 2 is 2.00 bits per heavy atom. The van der Waals surface area contributed by atoms with E-state index in [0.717, 1.165) is 12.8 Å². The van der Waals surface area contributed by atoms with Crippen molar-refractivity contribution < 1.29 is 9.53 Å². The van der Waals surface area contributed by atoms with E-state index >= 15 is 0 Å². The monoisotopic (exact) mass is 301 g/mol. The van der Waals surface area contributed by atoms with Crippen molar-refractivity contribution in [1.82, 2.24) is 15.0 Å². The largest absolute Gasteiger partial charge is 0.473 e. The molecule has 0 radical (unpaired) electrons. The van der Waals surface area contributed by atoms with Crippen molar-refractivity contribution in [3.05, 3.63) is 18.0 Å². The minimum Gasteiger partial charge on any atom is -0.473 e. The second-order valence-electron chi connectivity index (χ2n) is 7.06. The average Bonchev–Trinajstić information content (AvgIpc) is 2.89. The number of aromatic amines is 1. The third-order valence-corrected chi connectivity index (χ3v) is 4.12. The van der Waals surface area contributed by atoms with Crippen LogP contribution in [0.1, 0.15) is 63.2 Å². The zero-order chi connectivity index (χ0) is 15.7. The molecule has 2 heterocycles. The number of fused-ring (bicyclic) bond motifs is 1. The van der Waals surface area contributed by atoms with Gasteiger partial charge in [0.1, 0.15) is 11.6 Å². The first-order valence-corrected chi connectivity index (χ1v) is 8.01. The van der Waals surface area contributed by atoms with Gasteiger partial charge < -0.3 is 9.72 Å². The Bertz CT molecular complexity index is 679. The summed E-state index contributed by atoms with van der Waals surface area (Å²) >= 11 is 0. The third kappa shape index (κ3) is 2.98. The number of Topliss-reactive ketones (excluding diaryl/α,β-unsaturated/α-hetero) is 1. The van der Waals surface area contributed by atoms with E-state index in [2.05, 4.69) is 15.0 Å². The average molecular weight is 301 g/mol. The molecule has 1 aliphatic rings. The van der Waals surface area contributed by atoms with Crippen LogP contribution in [0.4, 0.5) is 0 Å².